The van der Waals surface area contributed by atoms with Crippen LogP contribution < -0.4 is 0 Å². The summed E-state index contributed by atoms with van der Waals surface area (Å²) in [5.74, 6) is 1.07. The van der Waals surface area contributed by atoms with Crippen LogP contribution >= 0.6 is 0 Å². The highest BCUT2D eigenvalue weighted by atomic mass is 16.5. The maximum Gasteiger partial charge on any atom is 0.109 e. The summed E-state index contributed by atoms with van der Waals surface area (Å²) in [6.45, 7) is 3.12. The maximum atomic E-state index is 10.5. The molecule has 130 valence electrons. The van der Waals surface area contributed by atoms with E-state index in [0.29, 0.717) is 13.2 Å². The molecule has 2 aromatic rings. The molecule has 0 radical (unpaired) electrons. The zero-order valence-corrected chi connectivity index (χ0v) is 14.5. The zero-order chi connectivity index (χ0) is 16.8. The molecule has 3 rings (SSSR count). The van der Waals surface area contributed by atoms with Crippen LogP contribution in [0.4, 0.5) is 0 Å². The van der Waals surface area contributed by atoms with Gasteiger partial charge in [-0.05, 0) is 37.8 Å². The number of unbranched alkanes of at least 4 members (excludes halogenated alkanes) is 1. The zero-order valence-electron chi connectivity index (χ0n) is 14.5. The first-order valence-corrected chi connectivity index (χ1v) is 9.16. The van der Waals surface area contributed by atoms with E-state index >= 15 is 0 Å². The predicted octanol–water partition coefficient (Wildman–Crippen LogP) is 3.87. The van der Waals surface area contributed by atoms with Gasteiger partial charge < -0.3 is 14.4 Å². The normalized spacial score (nSPS) is 19.0. The van der Waals surface area contributed by atoms with Crippen molar-refractivity contribution in [3.63, 3.8) is 0 Å². The average molecular weight is 328 g/mol. The van der Waals surface area contributed by atoms with Gasteiger partial charge in [-0.1, -0.05) is 37.6 Å². The van der Waals surface area contributed by atoms with Crippen LogP contribution in [-0.2, 0) is 17.7 Å². The molecule has 24 heavy (non-hydrogen) atoms. The summed E-state index contributed by atoms with van der Waals surface area (Å²) in [4.78, 5) is 4.76. The number of nitrogens with zero attached hydrogens (tertiary/aromatic N) is 2. The van der Waals surface area contributed by atoms with Gasteiger partial charge in [-0.2, -0.15) is 0 Å². The number of hydrogen-bond acceptors (Lipinski definition) is 3. The van der Waals surface area contributed by atoms with Crippen LogP contribution in [0.5, 0.6) is 0 Å². The van der Waals surface area contributed by atoms with Crippen molar-refractivity contribution in [3.8, 4) is 0 Å². The van der Waals surface area contributed by atoms with E-state index in [1.807, 2.05) is 18.2 Å². The van der Waals surface area contributed by atoms with Crippen LogP contribution in [0.25, 0.3) is 11.0 Å². The first-order chi connectivity index (χ1) is 11.8. The summed E-state index contributed by atoms with van der Waals surface area (Å²) in [5, 5.41) is 10.5. The lowest BCUT2D eigenvalue weighted by Gasteiger charge is -2.21. The number of para-hydroxylation sites is 2. The molecular weight excluding hydrogens is 300 g/mol. The first kappa shape index (κ1) is 17.2. The van der Waals surface area contributed by atoms with Gasteiger partial charge in [0, 0.05) is 6.42 Å². The fourth-order valence-electron chi connectivity index (χ4n) is 3.28. The van der Waals surface area contributed by atoms with Gasteiger partial charge in [0.2, 0.25) is 0 Å². The summed E-state index contributed by atoms with van der Waals surface area (Å²) < 4.78 is 8.06. The summed E-state index contributed by atoms with van der Waals surface area (Å²) in [6, 6.07) is 8.16. The van der Waals surface area contributed by atoms with E-state index in [2.05, 4.69) is 29.7 Å². The van der Waals surface area contributed by atoms with Gasteiger partial charge in [-0.25, -0.2) is 4.98 Å². The molecule has 0 amide bonds. The van der Waals surface area contributed by atoms with Crippen molar-refractivity contribution in [2.45, 2.75) is 64.2 Å². The molecule has 0 bridgehead atoms. The minimum atomic E-state index is -0.506. The number of ether oxygens (including phenoxy) is 1. The Morgan fingerprint density at radius 2 is 2.21 bits per heavy atom. The number of aliphatic hydroxyl groups excluding tert-OH is 1. The topological polar surface area (TPSA) is 47.3 Å². The monoisotopic (exact) mass is 328 g/mol. The fourth-order valence-corrected chi connectivity index (χ4v) is 3.28. The molecule has 0 aliphatic heterocycles. The molecule has 0 saturated heterocycles. The van der Waals surface area contributed by atoms with Gasteiger partial charge in [-0.15, -0.1) is 0 Å². The van der Waals surface area contributed by atoms with Crippen molar-refractivity contribution in [1.29, 1.82) is 0 Å². The van der Waals surface area contributed by atoms with Crippen molar-refractivity contribution in [1.82, 2.24) is 9.55 Å². The molecule has 2 atom stereocenters. The molecular formula is C20H28N2O2. The maximum absolute atomic E-state index is 10.5. The fraction of sp³-hybridized carbons (Fsp3) is 0.550. The number of aromatic nitrogens is 2. The minimum absolute atomic E-state index is 0.253. The smallest absolute Gasteiger partial charge is 0.109 e. The summed E-state index contributed by atoms with van der Waals surface area (Å²) in [7, 11) is 0. The number of rotatable bonds is 8. The minimum Gasteiger partial charge on any atom is -0.389 e. The molecule has 1 aliphatic carbocycles. The second-order valence-electron chi connectivity index (χ2n) is 6.62. The Hall–Kier alpha value is -1.65. The molecule has 4 heteroatoms. The van der Waals surface area contributed by atoms with Crippen LogP contribution in [0.1, 0.15) is 44.9 Å². The van der Waals surface area contributed by atoms with Crippen LogP contribution in [0.3, 0.4) is 0 Å². The van der Waals surface area contributed by atoms with Gasteiger partial charge in [0.15, 0.2) is 0 Å². The third-order valence-corrected chi connectivity index (χ3v) is 4.63. The lowest BCUT2D eigenvalue weighted by Crippen LogP contribution is -2.26. The Labute approximate surface area is 144 Å². The third kappa shape index (κ3) is 4.25. The number of imidazole rings is 1. The number of aliphatic hydroxyl groups is 1. The van der Waals surface area contributed by atoms with Crippen LogP contribution in [-0.4, -0.2) is 33.5 Å². The largest absolute Gasteiger partial charge is 0.389 e. The number of allylic oxidation sites excluding steroid dienone is 1. The van der Waals surface area contributed by atoms with Crippen LogP contribution in [0.15, 0.2) is 36.4 Å². The lowest BCUT2D eigenvalue weighted by atomic mass is 10.1. The first-order valence-electron chi connectivity index (χ1n) is 9.16. The van der Waals surface area contributed by atoms with Gasteiger partial charge in [0.1, 0.15) is 5.82 Å². The second kappa shape index (κ2) is 8.45. The van der Waals surface area contributed by atoms with Crippen molar-refractivity contribution >= 4 is 11.0 Å². The van der Waals surface area contributed by atoms with E-state index in [9.17, 15) is 5.11 Å². The Morgan fingerprint density at radius 1 is 1.33 bits per heavy atom. The van der Waals surface area contributed by atoms with E-state index in [1.54, 1.807) is 0 Å². The Morgan fingerprint density at radius 3 is 3.00 bits per heavy atom. The highest BCUT2D eigenvalue weighted by Crippen LogP contribution is 2.19. The van der Waals surface area contributed by atoms with Gasteiger partial charge in [0.25, 0.3) is 0 Å². The summed E-state index contributed by atoms with van der Waals surface area (Å²) in [5.41, 5.74) is 2.11. The molecule has 1 aromatic carbocycles. The number of fused-ring (bicyclic) bond motifs is 1. The molecule has 0 fully saturated rings. The number of aryl methyl sites for hydroxylation is 1. The predicted molar refractivity (Wildman–Crippen MR) is 97.1 cm³/mol. The molecule has 1 heterocycles. The van der Waals surface area contributed by atoms with Crippen molar-refractivity contribution in [2.24, 2.45) is 0 Å². The molecule has 0 saturated carbocycles. The van der Waals surface area contributed by atoms with E-state index < -0.39 is 6.10 Å². The quantitative estimate of drug-likeness (QED) is 0.748. The standard InChI is InChI=1S/C20H28N2O2/c1-2-3-13-20-21-18-11-7-8-12-19(18)22(20)14-16(23)15-24-17-9-5-4-6-10-17/h4-5,7-8,11-12,16-17,23H,2-3,6,9-10,13-15H2,1H3/t16-,17+/m0/s1. The molecule has 4 nitrogen and oxygen atoms in total. The van der Waals surface area contributed by atoms with Gasteiger partial charge in [0.05, 0.1) is 36.4 Å². The molecule has 1 aliphatic rings. The van der Waals surface area contributed by atoms with E-state index in [4.69, 9.17) is 9.72 Å². The van der Waals surface area contributed by atoms with E-state index in [0.717, 1.165) is 55.4 Å². The SMILES string of the molecule is CCCCc1nc2ccccc2n1C[C@H](O)CO[C@@H]1CC=CCC1. The molecule has 0 spiro atoms. The highest BCUT2D eigenvalue weighted by molar-refractivity contribution is 5.75. The number of hydrogen-bond donors (Lipinski definition) is 1. The second-order valence-corrected chi connectivity index (χ2v) is 6.62. The van der Waals surface area contributed by atoms with Gasteiger partial charge >= 0.3 is 0 Å². The summed E-state index contributed by atoms with van der Waals surface area (Å²) in [6.07, 6.45) is 10.4. The van der Waals surface area contributed by atoms with Crippen molar-refractivity contribution < 1.29 is 9.84 Å². The van der Waals surface area contributed by atoms with Crippen molar-refractivity contribution in [2.75, 3.05) is 6.61 Å². The lowest BCUT2D eigenvalue weighted by molar-refractivity contribution is -0.0176. The summed E-state index contributed by atoms with van der Waals surface area (Å²) >= 11 is 0. The number of benzene rings is 1. The van der Waals surface area contributed by atoms with Gasteiger partial charge in [-0.3, -0.25) is 0 Å². The Bertz CT molecular complexity index is 677. The van der Waals surface area contributed by atoms with Crippen LogP contribution in [0, 0.1) is 0 Å². The molecule has 1 N–H and O–H groups in total. The Balaban J connectivity index is 1.66. The van der Waals surface area contributed by atoms with E-state index in [1.165, 1.54) is 0 Å². The molecule has 1 aromatic heterocycles. The Kier molecular flexibility index (Phi) is 6.05. The van der Waals surface area contributed by atoms with Crippen LogP contribution in [0.2, 0.25) is 0 Å². The average Bonchev–Trinajstić information content (AvgIpc) is 2.97. The molecule has 0 unspecified atom stereocenters. The van der Waals surface area contributed by atoms with E-state index in [-0.39, 0.29) is 6.10 Å². The third-order valence-electron chi connectivity index (χ3n) is 4.63. The highest BCUT2D eigenvalue weighted by Gasteiger charge is 2.16. The van der Waals surface area contributed by atoms with Crippen molar-refractivity contribution in [3.05, 3.63) is 42.2 Å².